The van der Waals surface area contributed by atoms with Crippen molar-refractivity contribution < 1.29 is 22.7 Å². The quantitative estimate of drug-likeness (QED) is 0.598. The summed E-state index contributed by atoms with van der Waals surface area (Å²) in [6, 6.07) is 18.1. The Kier molecular flexibility index (Phi) is 6.50. The molecule has 1 amide bonds. The normalized spacial score (nSPS) is 11.0. The van der Waals surface area contributed by atoms with Crippen molar-refractivity contribution in [1.82, 2.24) is 0 Å². The van der Waals surface area contributed by atoms with Crippen molar-refractivity contribution in [3.8, 4) is 11.5 Å². The van der Waals surface area contributed by atoms with E-state index < -0.39 is 10.0 Å². The Labute approximate surface area is 182 Å². The number of sulfonamides is 1. The Morgan fingerprint density at radius 2 is 1.58 bits per heavy atom. The number of nitrogens with zero attached hydrogens (tertiary/aromatic N) is 1. The molecule has 3 rings (SSSR count). The van der Waals surface area contributed by atoms with E-state index in [0.29, 0.717) is 34.0 Å². The standard InChI is InChI=1S/C23H24N2O5S/c1-16-14-17(23(26)24-18-6-5-7-20(15-18)30-4)8-13-22(16)25(2)31(27,28)21-11-9-19(29-3)10-12-21/h5-15H,1-4H3,(H,24,26). The van der Waals surface area contributed by atoms with Gasteiger partial charge in [0, 0.05) is 24.4 Å². The van der Waals surface area contributed by atoms with Gasteiger partial charge < -0.3 is 14.8 Å². The highest BCUT2D eigenvalue weighted by Crippen LogP contribution is 2.27. The van der Waals surface area contributed by atoms with Gasteiger partial charge in [0.05, 0.1) is 24.8 Å². The minimum Gasteiger partial charge on any atom is -0.497 e. The summed E-state index contributed by atoms with van der Waals surface area (Å²) < 4.78 is 37.4. The van der Waals surface area contributed by atoms with E-state index in [1.807, 2.05) is 0 Å². The van der Waals surface area contributed by atoms with Gasteiger partial charge in [0.15, 0.2) is 0 Å². The molecule has 162 valence electrons. The molecule has 0 fully saturated rings. The molecule has 0 aliphatic heterocycles. The van der Waals surface area contributed by atoms with Crippen molar-refractivity contribution in [2.24, 2.45) is 0 Å². The van der Waals surface area contributed by atoms with Gasteiger partial charge in [-0.05, 0) is 67.1 Å². The fourth-order valence-corrected chi connectivity index (χ4v) is 4.35. The van der Waals surface area contributed by atoms with E-state index >= 15 is 0 Å². The van der Waals surface area contributed by atoms with Crippen LogP contribution < -0.4 is 19.1 Å². The number of ether oxygens (including phenoxy) is 2. The first-order chi connectivity index (χ1) is 14.8. The highest BCUT2D eigenvalue weighted by Gasteiger charge is 2.23. The van der Waals surface area contributed by atoms with Crippen molar-refractivity contribution in [3.63, 3.8) is 0 Å². The van der Waals surface area contributed by atoms with E-state index in [-0.39, 0.29) is 10.8 Å². The SMILES string of the molecule is COc1ccc(S(=O)(=O)N(C)c2ccc(C(=O)Nc3cccc(OC)c3)cc2C)cc1. The van der Waals surface area contributed by atoms with Gasteiger partial charge in [0.1, 0.15) is 11.5 Å². The summed E-state index contributed by atoms with van der Waals surface area (Å²) in [4.78, 5) is 12.8. The van der Waals surface area contributed by atoms with E-state index in [9.17, 15) is 13.2 Å². The number of nitrogens with one attached hydrogen (secondary N) is 1. The van der Waals surface area contributed by atoms with Gasteiger partial charge in [-0.1, -0.05) is 6.07 Å². The van der Waals surface area contributed by atoms with Crippen molar-refractivity contribution in [3.05, 3.63) is 77.9 Å². The molecule has 0 bridgehead atoms. The summed E-state index contributed by atoms with van der Waals surface area (Å²) in [5, 5.41) is 2.81. The Morgan fingerprint density at radius 1 is 0.903 bits per heavy atom. The zero-order valence-corrected chi connectivity index (χ0v) is 18.6. The van der Waals surface area contributed by atoms with Gasteiger partial charge in [-0.15, -0.1) is 0 Å². The molecule has 0 atom stereocenters. The smallest absolute Gasteiger partial charge is 0.264 e. The van der Waals surface area contributed by atoms with Gasteiger partial charge in [0.25, 0.3) is 15.9 Å². The number of amides is 1. The lowest BCUT2D eigenvalue weighted by atomic mass is 10.1. The van der Waals surface area contributed by atoms with Crippen LogP contribution in [0.3, 0.4) is 0 Å². The van der Waals surface area contributed by atoms with Crippen molar-refractivity contribution in [1.29, 1.82) is 0 Å². The van der Waals surface area contributed by atoms with Crippen LogP contribution in [0.2, 0.25) is 0 Å². The molecule has 3 aromatic rings. The Hall–Kier alpha value is -3.52. The number of benzene rings is 3. The molecule has 0 saturated heterocycles. The molecule has 0 aliphatic carbocycles. The second-order valence-electron chi connectivity index (χ2n) is 6.84. The number of aryl methyl sites for hydroxylation is 1. The molecule has 0 heterocycles. The Balaban J connectivity index is 1.82. The van der Waals surface area contributed by atoms with Crippen LogP contribution in [0.1, 0.15) is 15.9 Å². The minimum absolute atomic E-state index is 0.148. The number of rotatable bonds is 7. The lowest BCUT2D eigenvalue weighted by molar-refractivity contribution is 0.102. The molecule has 0 saturated carbocycles. The van der Waals surface area contributed by atoms with Crippen LogP contribution in [0.15, 0.2) is 71.6 Å². The molecule has 7 nitrogen and oxygen atoms in total. The van der Waals surface area contributed by atoms with Crippen molar-refractivity contribution in [2.75, 3.05) is 30.9 Å². The predicted molar refractivity (Wildman–Crippen MR) is 121 cm³/mol. The zero-order valence-electron chi connectivity index (χ0n) is 17.7. The molecule has 3 aromatic carbocycles. The summed E-state index contributed by atoms with van der Waals surface area (Å²) in [6.07, 6.45) is 0. The number of methoxy groups -OCH3 is 2. The highest BCUT2D eigenvalue weighted by molar-refractivity contribution is 7.92. The first-order valence-corrected chi connectivity index (χ1v) is 10.9. The Morgan fingerprint density at radius 3 is 2.19 bits per heavy atom. The first-order valence-electron chi connectivity index (χ1n) is 9.45. The minimum atomic E-state index is -3.77. The van der Waals surface area contributed by atoms with Gasteiger partial charge in [-0.3, -0.25) is 9.10 Å². The van der Waals surface area contributed by atoms with E-state index in [4.69, 9.17) is 9.47 Å². The van der Waals surface area contributed by atoms with E-state index in [0.717, 1.165) is 0 Å². The van der Waals surface area contributed by atoms with Crippen molar-refractivity contribution >= 4 is 27.3 Å². The number of anilines is 2. The molecule has 0 aliphatic rings. The van der Waals surface area contributed by atoms with Gasteiger partial charge in [0.2, 0.25) is 0 Å². The molecule has 0 radical (unpaired) electrons. The maximum atomic E-state index is 13.0. The number of hydrogen-bond acceptors (Lipinski definition) is 5. The van der Waals surface area contributed by atoms with Gasteiger partial charge >= 0.3 is 0 Å². The number of hydrogen-bond donors (Lipinski definition) is 1. The molecular weight excluding hydrogens is 416 g/mol. The molecule has 31 heavy (non-hydrogen) atoms. The lowest BCUT2D eigenvalue weighted by Gasteiger charge is -2.22. The first kappa shape index (κ1) is 22.2. The molecule has 0 aromatic heterocycles. The number of carbonyl (C=O) groups is 1. The molecule has 8 heteroatoms. The molecular formula is C23H24N2O5S. The average Bonchev–Trinajstić information content (AvgIpc) is 2.78. The topological polar surface area (TPSA) is 84.9 Å². The molecule has 0 unspecified atom stereocenters. The third-order valence-corrected chi connectivity index (χ3v) is 6.63. The predicted octanol–water partition coefficient (Wildman–Crippen LogP) is 4.09. The van der Waals surface area contributed by atoms with Gasteiger partial charge in [-0.2, -0.15) is 0 Å². The van der Waals surface area contributed by atoms with Crippen LogP contribution in [-0.2, 0) is 10.0 Å². The van der Waals surface area contributed by atoms with Crippen LogP contribution in [-0.4, -0.2) is 35.6 Å². The maximum absolute atomic E-state index is 13.0. The third kappa shape index (κ3) is 4.80. The van der Waals surface area contributed by atoms with Crippen LogP contribution in [0.5, 0.6) is 11.5 Å². The zero-order chi connectivity index (χ0) is 22.6. The van der Waals surface area contributed by atoms with Crippen LogP contribution in [0.25, 0.3) is 0 Å². The third-order valence-electron chi connectivity index (χ3n) is 4.84. The fourth-order valence-electron chi connectivity index (χ4n) is 3.09. The van der Waals surface area contributed by atoms with Crippen LogP contribution >= 0.6 is 0 Å². The van der Waals surface area contributed by atoms with Crippen LogP contribution in [0.4, 0.5) is 11.4 Å². The summed E-state index contributed by atoms with van der Waals surface area (Å²) in [5.41, 5.74) is 2.15. The van der Waals surface area contributed by atoms with E-state index in [1.165, 1.54) is 30.6 Å². The highest BCUT2D eigenvalue weighted by atomic mass is 32.2. The summed E-state index contributed by atoms with van der Waals surface area (Å²) in [6.45, 7) is 1.76. The average molecular weight is 441 g/mol. The summed E-state index contributed by atoms with van der Waals surface area (Å²) in [5.74, 6) is 0.905. The number of carbonyl (C=O) groups excluding carboxylic acids is 1. The fraction of sp³-hybridized carbons (Fsp3) is 0.174. The second-order valence-corrected chi connectivity index (χ2v) is 8.80. The van der Waals surface area contributed by atoms with E-state index in [2.05, 4.69) is 5.32 Å². The monoisotopic (exact) mass is 440 g/mol. The largest absolute Gasteiger partial charge is 0.497 e. The van der Waals surface area contributed by atoms with E-state index in [1.54, 1.807) is 68.6 Å². The molecule has 1 N–H and O–H groups in total. The van der Waals surface area contributed by atoms with Crippen LogP contribution in [0, 0.1) is 6.92 Å². The lowest BCUT2D eigenvalue weighted by Crippen LogP contribution is -2.27. The summed E-state index contributed by atoms with van der Waals surface area (Å²) in [7, 11) is 0.792. The summed E-state index contributed by atoms with van der Waals surface area (Å²) >= 11 is 0. The second kappa shape index (κ2) is 9.09. The maximum Gasteiger partial charge on any atom is 0.264 e. The van der Waals surface area contributed by atoms with Crippen molar-refractivity contribution in [2.45, 2.75) is 11.8 Å². The van der Waals surface area contributed by atoms with Gasteiger partial charge in [-0.25, -0.2) is 8.42 Å². The Bertz CT molecular complexity index is 1190. The molecule has 0 spiro atoms.